The van der Waals surface area contributed by atoms with E-state index in [9.17, 15) is 14.8 Å². The molecule has 0 spiro atoms. The molecule has 0 saturated carbocycles. The fourth-order valence-corrected chi connectivity index (χ4v) is 7.54. The van der Waals surface area contributed by atoms with Gasteiger partial charge in [-0.25, -0.2) is 8.78 Å². The Morgan fingerprint density at radius 2 is 2.07 bits per heavy atom. The molecule has 0 amide bonds. The van der Waals surface area contributed by atoms with E-state index in [1.807, 2.05) is 4.90 Å². The third-order valence-electron chi connectivity index (χ3n) is 9.46. The molecule has 9 nitrogen and oxygen atoms in total. The van der Waals surface area contributed by atoms with Gasteiger partial charge in [-0.3, -0.25) is 9.88 Å². The highest BCUT2D eigenvalue weighted by molar-refractivity contribution is 6.36. The summed E-state index contributed by atoms with van der Waals surface area (Å²) in [6.45, 7) is 3.04. The van der Waals surface area contributed by atoms with E-state index in [-0.39, 0.29) is 46.5 Å². The number of ether oxygens (including phenoxy) is 1. The van der Waals surface area contributed by atoms with Crippen molar-refractivity contribution in [3.05, 3.63) is 53.2 Å². The van der Waals surface area contributed by atoms with Gasteiger partial charge < -0.3 is 20.1 Å². The molecule has 5 heterocycles. The van der Waals surface area contributed by atoms with Crippen LogP contribution in [0.25, 0.3) is 32.9 Å². The van der Waals surface area contributed by atoms with Crippen LogP contribution < -0.4 is 15.0 Å². The Bertz CT molecular complexity index is 1790. The first-order valence-electron chi connectivity index (χ1n) is 15.0. The Morgan fingerprint density at radius 3 is 2.91 bits per heavy atom. The van der Waals surface area contributed by atoms with Gasteiger partial charge in [0.05, 0.1) is 29.5 Å². The van der Waals surface area contributed by atoms with Crippen LogP contribution >= 0.6 is 11.6 Å². The van der Waals surface area contributed by atoms with Crippen LogP contribution in [0.2, 0.25) is 5.02 Å². The van der Waals surface area contributed by atoms with Crippen molar-refractivity contribution in [2.75, 3.05) is 44.3 Å². The Kier molecular flexibility index (Phi) is 7.70. The van der Waals surface area contributed by atoms with Crippen molar-refractivity contribution in [2.24, 2.45) is 0 Å². The van der Waals surface area contributed by atoms with E-state index in [1.165, 1.54) is 12.3 Å². The number of rotatable bonds is 7. The molecule has 228 valence electrons. The summed E-state index contributed by atoms with van der Waals surface area (Å²) >= 11 is 6.38. The van der Waals surface area contributed by atoms with E-state index in [0.29, 0.717) is 60.2 Å². The van der Waals surface area contributed by atoms with Crippen molar-refractivity contribution in [1.29, 1.82) is 5.26 Å². The van der Waals surface area contributed by atoms with Crippen molar-refractivity contribution in [2.45, 2.75) is 49.7 Å². The Labute approximate surface area is 258 Å². The lowest BCUT2D eigenvalue weighted by Gasteiger charge is -2.34. The maximum absolute atomic E-state index is 16.6. The van der Waals surface area contributed by atoms with Crippen LogP contribution in [0.3, 0.4) is 0 Å². The first-order chi connectivity index (χ1) is 21.4. The average Bonchev–Trinajstić information content (AvgIpc) is 3.62. The number of anilines is 1. The summed E-state index contributed by atoms with van der Waals surface area (Å²) in [6.07, 6.45) is 5.64. The number of benzene rings is 2. The number of aliphatic hydroxyl groups excluding tert-OH is 1. The Hall–Kier alpha value is -3.69. The number of fused-ring (bicyclic) bond motifs is 3. The van der Waals surface area contributed by atoms with Gasteiger partial charge >= 0.3 is 6.01 Å². The van der Waals surface area contributed by atoms with Crippen molar-refractivity contribution in [3.8, 4) is 23.3 Å². The lowest BCUT2D eigenvalue weighted by Crippen LogP contribution is -2.51. The summed E-state index contributed by atoms with van der Waals surface area (Å²) in [5.41, 5.74) is 0.193. The molecule has 3 atom stereocenters. The Morgan fingerprint density at radius 1 is 1.18 bits per heavy atom. The summed E-state index contributed by atoms with van der Waals surface area (Å²) < 4.78 is 37.3. The number of aliphatic hydroxyl groups is 1. The molecule has 0 radical (unpaired) electrons. The lowest BCUT2D eigenvalue weighted by atomic mass is 9.95. The number of halogens is 3. The quantitative estimate of drug-likeness (QED) is 0.300. The number of aromatic nitrogens is 3. The molecular weight excluding hydrogens is 588 g/mol. The van der Waals surface area contributed by atoms with Gasteiger partial charge in [0.15, 0.2) is 5.82 Å². The number of hydrogen-bond acceptors (Lipinski definition) is 9. The van der Waals surface area contributed by atoms with Crippen molar-refractivity contribution in [3.63, 3.8) is 0 Å². The summed E-state index contributed by atoms with van der Waals surface area (Å²) in [5, 5.41) is 24.1. The number of pyridine rings is 1. The van der Waals surface area contributed by atoms with E-state index < -0.39 is 11.6 Å². The van der Waals surface area contributed by atoms with E-state index >= 15 is 4.39 Å². The molecule has 4 aromatic rings. The van der Waals surface area contributed by atoms with Crippen LogP contribution in [0.1, 0.15) is 32.1 Å². The van der Waals surface area contributed by atoms with Crippen molar-refractivity contribution >= 4 is 39.1 Å². The molecule has 7 rings (SSSR count). The second kappa shape index (κ2) is 11.7. The minimum atomic E-state index is -0.688. The van der Waals surface area contributed by atoms with Crippen molar-refractivity contribution in [1.82, 2.24) is 25.2 Å². The van der Waals surface area contributed by atoms with Crippen LogP contribution in [0, 0.1) is 23.0 Å². The van der Waals surface area contributed by atoms with E-state index in [2.05, 4.69) is 26.3 Å². The topological polar surface area (TPSA) is 110 Å². The van der Waals surface area contributed by atoms with Crippen molar-refractivity contribution < 1.29 is 18.6 Å². The first kappa shape index (κ1) is 29.0. The molecule has 12 heteroatoms. The molecule has 0 aliphatic carbocycles. The van der Waals surface area contributed by atoms with Gasteiger partial charge in [0.2, 0.25) is 0 Å². The third-order valence-corrected chi connectivity index (χ3v) is 9.83. The maximum atomic E-state index is 16.6. The van der Waals surface area contributed by atoms with Gasteiger partial charge in [-0.05, 0) is 43.7 Å². The zero-order valence-corrected chi connectivity index (χ0v) is 24.8. The molecule has 2 unspecified atom stereocenters. The summed E-state index contributed by atoms with van der Waals surface area (Å²) in [4.78, 5) is 18.2. The summed E-state index contributed by atoms with van der Waals surface area (Å²) in [5.74, 6) is -0.812. The minimum Gasteiger partial charge on any atom is -0.462 e. The standard InChI is InChI=1S/C32H32ClF2N7O2/c33-26-24(34)6-5-19-3-1-4-22(25(19)26)28-27(35)29-23(15-38-28)30(41-14-12-37-20(16-41)8-11-36)40-31(39-29)44-17-21-7-10-32(18-43)9-2-13-42(21)32/h1,3-6,15,20-21,37,43H,2,7-10,12-14,16-18H2/t20-,21?,32?/m0/s1. The molecule has 3 aliphatic rings. The normalized spacial score (nSPS) is 23.8. The van der Waals surface area contributed by atoms with Crippen LogP contribution in [-0.2, 0) is 0 Å². The third kappa shape index (κ3) is 4.90. The van der Waals surface area contributed by atoms with E-state index in [0.717, 1.165) is 32.2 Å². The number of hydrogen-bond donors (Lipinski definition) is 2. The lowest BCUT2D eigenvalue weighted by molar-refractivity contribution is 0.0615. The fraction of sp³-hybridized carbons (Fsp3) is 0.438. The molecule has 0 bridgehead atoms. The average molecular weight is 620 g/mol. The van der Waals surface area contributed by atoms with Gasteiger partial charge in [0.25, 0.3) is 0 Å². The zero-order chi connectivity index (χ0) is 30.4. The van der Waals surface area contributed by atoms with Gasteiger partial charge in [0.1, 0.15) is 29.5 Å². The predicted molar refractivity (Wildman–Crippen MR) is 164 cm³/mol. The van der Waals surface area contributed by atoms with Crippen LogP contribution in [0.5, 0.6) is 6.01 Å². The Balaban J connectivity index is 1.31. The molecule has 2 N–H and O–H groups in total. The molecule has 44 heavy (non-hydrogen) atoms. The highest BCUT2D eigenvalue weighted by atomic mass is 35.5. The second-order valence-corrected chi connectivity index (χ2v) is 12.3. The molecule has 3 aliphatic heterocycles. The SMILES string of the molecule is N#CC[C@H]1CN(c2nc(OCC3CCC4(CO)CCCN34)nc3c(F)c(-c4cccc5ccc(F)c(Cl)c45)ncc23)CCN1. The smallest absolute Gasteiger partial charge is 0.319 e. The number of nitrogens with one attached hydrogen (secondary N) is 1. The maximum Gasteiger partial charge on any atom is 0.319 e. The van der Waals surface area contributed by atoms with E-state index in [1.54, 1.807) is 24.3 Å². The fourth-order valence-electron chi connectivity index (χ4n) is 7.27. The van der Waals surface area contributed by atoms with E-state index in [4.69, 9.17) is 21.3 Å². The van der Waals surface area contributed by atoms with Gasteiger partial charge in [-0.2, -0.15) is 15.2 Å². The van der Waals surface area contributed by atoms with Crippen LogP contribution in [-0.4, -0.2) is 82.0 Å². The van der Waals surface area contributed by atoms with Gasteiger partial charge in [-0.1, -0.05) is 35.9 Å². The zero-order valence-electron chi connectivity index (χ0n) is 24.1. The van der Waals surface area contributed by atoms with Gasteiger partial charge in [0, 0.05) is 54.4 Å². The summed E-state index contributed by atoms with van der Waals surface area (Å²) in [6, 6.07) is 10.4. The number of nitriles is 1. The summed E-state index contributed by atoms with van der Waals surface area (Å²) in [7, 11) is 0. The number of nitrogens with zero attached hydrogens (tertiary/aromatic N) is 6. The molecule has 3 fully saturated rings. The molecule has 2 aromatic heterocycles. The molecular formula is C32H32ClF2N7O2. The minimum absolute atomic E-state index is 0.00513. The second-order valence-electron chi connectivity index (χ2n) is 11.9. The van der Waals surface area contributed by atoms with Crippen LogP contribution in [0.15, 0.2) is 36.5 Å². The van der Waals surface area contributed by atoms with Crippen LogP contribution in [0.4, 0.5) is 14.6 Å². The highest BCUT2D eigenvalue weighted by Gasteiger charge is 2.48. The molecule has 2 aromatic carbocycles. The monoisotopic (exact) mass is 619 g/mol. The largest absolute Gasteiger partial charge is 0.462 e. The number of piperazine rings is 1. The predicted octanol–water partition coefficient (Wildman–Crippen LogP) is 4.84. The van der Waals surface area contributed by atoms with Gasteiger partial charge in [-0.15, -0.1) is 0 Å². The molecule has 3 saturated heterocycles. The first-order valence-corrected chi connectivity index (χ1v) is 15.4. The highest BCUT2D eigenvalue weighted by Crippen LogP contribution is 2.42.